The molecule has 0 radical (unpaired) electrons. The Morgan fingerprint density at radius 3 is 2.44 bits per heavy atom. The van der Waals surface area contributed by atoms with Crippen LogP contribution in [0, 0.1) is 5.92 Å². The lowest BCUT2D eigenvalue weighted by Crippen LogP contribution is -2.46. The summed E-state index contributed by atoms with van der Waals surface area (Å²) in [5.41, 5.74) is -0.128. The van der Waals surface area contributed by atoms with E-state index in [4.69, 9.17) is 0 Å². The van der Waals surface area contributed by atoms with Crippen LogP contribution in [-0.4, -0.2) is 28.5 Å². The van der Waals surface area contributed by atoms with E-state index in [0.717, 1.165) is 12.3 Å². The van der Waals surface area contributed by atoms with Gasteiger partial charge in [0.1, 0.15) is 12.2 Å². The van der Waals surface area contributed by atoms with Crippen LogP contribution >= 0.6 is 0 Å². The molecule has 1 aromatic heterocycles. The van der Waals surface area contributed by atoms with Crippen molar-refractivity contribution in [1.82, 2.24) is 9.88 Å². The number of likely N-dealkylation sites (tertiary alicyclic amines) is 1. The number of fused-ring (bicyclic) bond motifs is 1. The lowest BCUT2D eigenvalue weighted by Gasteiger charge is -2.40. The van der Waals surface area contributed by atoms with Gasteiger partial charge >= 0.3 is 12.4 Å². The molecule has 9 heteroatoms. The Hall–Kier alpha value is -2.32. The summed E-state index contributed by atoms with van der Waals surface area (Å²) in [6.07, 6.45) is -4.16. The van der Waals surface area contributed by atoms with Crippen LogP contribution in [0.5, 0.6) is 0 Å². The van der Waals surface area contributed by atoms with Crippen LogP contribution in [0.25, 0.3) is 0 Å². The minimum absolute atomic E-state index is 0.0322. The standard InChI is InChI=1S/C18H16F6N2O/c1-10-2-3-11-7-14(12-4-5-15(25-8-12)18(22,23)24)26(9-17(19,20)21)16(27)13(11)6-10/h3-6,8,10,14H,2,7,9H2,1H3. The van der Waals surface area contributed by atoms with Gasteiger partial charge in [0.15, 0.2) is 0 Å². The van der Waals surface area contributed by atoms with Gasteiger partial charge in [0.25, 0.3) is 5.91 Å². The number of allylic oxidation sites excluding steroid dienone is 2. The fourth-order valence-corrected chi connectivity index (χ4v) is 3.36. The molecule has 2 heterocycles. The minimum Gasteiger partial charge on any atom is -0.322 e. The average molecular weight is 390 g/mol. The largest absolute Gasteiger partial charge is 0.433 e. The van der Waals surface area contributed by atoms with Crippen LogP contribution in [0.4, 0.5) is 26.3 Å². The molecule has 146 valence electrons. The lowest BCUT2D eigenvalue weighted by molar-refractivity contribution is -0.165. The van der Waals surface area contributed by atoms with E-state index in [1.54, 1.807) is 6.08 Å². The van der Waals surface area contributed by atoms with Crippen molar-refractivity contribution in [1.29, 1.82) is 0 Å². The second kappa shape index (κ2) is 6.69. The highest BCUT2D eigenvalue weighted by atomic mass is 19.4. The second-order valence-electron chi connectivity index (χ2n) is 6.77. The Morgan fingerprint density at radius 2 is 1.89 bits per heavy atom. The van der Waals surface area contributed by atoms with E-state index < -0.39 is 36.5 Å². The van der Waals surface area contributed by atoms with Crippen molar-refractivity contribution in [3.05, 3.63) is 52.9 Å². The van der Waals surface area contributed by atoms with E-state index in [1.165, 1.54) is 0 Å². The van der Waals surface area contributed by atoms with Crippen molar-refractivity contribution < 1.29 is 31.1 Å². The number of hydrogen-bond donors (Lipinski definition) is 0. The monoisotopic (exact) mass is 390 g/mol. The molecule has 0 N–H and O–H groups in total. The number of aromatic nitrogens is 1. The summed E-state index contributed by atoms with van der Waals surface area (Å²) >= 11 is 0. The number of pyridine rings is 1. The van der Waals surface area contributed by atoms with Crippen LogP contribution in [-0.2, 0) is 11.0 Å². The molecule has 2 aliphatic rings. The molecule has 1 fully saturated rings. The highest BCUT2D eigenvalue weighted by molar-refractivity contribution is 5.99. The number of carbonyl (C=O) groups excluding carboxylic acids is 1. The smallest absolute Gasteiger partial charge is 0.322 e. The Kier molecular flexibility index (Phi) is 4.81. The fraction of sp³-hybridized carbons (Fsp3) is 0.444. The van der Waals surface area contributed by atoms with E-state index in [1.807, 2.05) is 13.0 Å². The van der Waals surface area contributed by atoms with Crippen molar-refractivity contribution in [3.8, 4) is 0 Å². The fourth-order valence-electron chi connectivity index (χ4n) is 3.36. The summed E-state index contributed by atoms with van der Waals surface area (Å²) < 4.78 is 77.2. The number of halogens is 6. The third-order valence-electron chi connectivity index (χ3n) is 4.63. The van der Waals surface area contributed by atoms with Crippen LogP contribution in [0.1, 0.15) is 37.1 Å². The third kappa shape index (κ3) is 4.17. The molecule has 0 bridgehead atoms. The number of piperidine rings is 1. The molecule has 2 unspecified atom stereocenters. The van der Waals surface area contributed by atoms with Crippen molar-refractivity contribution in [2.24, 2.45) is 5.92 Å². The van der Waals surface area contributed by atoms with Gasteiger partial charge in [-0.3, -0.25) is 9.78 Å². The molecule has 2 atom stereocenters. The van der Waals surface area contributed by atoms with E-state index in [9.17, 15) is 31.1 Å². The minimum atomic E-state index is -4.65. The quantitative estimate of drug-likeness (QED) is 0.678. The summed E-state index contributed by atoms with van der Waals surface area (Å²) in [7, 11) is 0. The van der Waals surface area contributed by atoms with Gasteiger partial charge in [0.2, 0.25) is 0 Å². The van der Waals surface area contributed by atoms with Gasteiger partial charge in [-0.1, -0.05) is 25.1 Å². The highest BCUT2D eigenvalue weighted by Gasteiger charge is 2.43. The SMILES string of the molecule is CC1C=C2C(=O)N(CC(F)(F)F)C(c3ccc(C(F)(F)F)nc3)CC2=CC1. The van der Waals surface area contributed by atoms with Crippen LogP contribution in [0.3, 0.4) is 0 Å². The molecule has 27 heavy (non-hydrogen) atoms. The number of carbonyl (C=O) groups is 1. The Labute approximate surface area is 151 Å². The lowest BCUT2D eigenvalue weighted by atomic mass is 9.82. The van der Waals surface area contributed by atoms with Gasteiger partial charge in [-0.05, 0) is 36.0 Å². The van der Waals surface area contributed by atoms with Gasteiger partial charge < -0.3 is 4.90 Å². The van der Waals surface area contributed by atoms with Gasteiger partial charge in [-0.2, -0.15) is 26.3 Å². The summed E-state index contributed by atoms with van der Waals surface area (Å²) in [6, 6.07) is 0.775. The molecule has 1 aliphatic carbocycles. The number of amides is 1. The molecule has 3 nitrogen and oxygen atoms in total. The maximum atomic E-state index is 13.0. The molecular weight excluding hydrogens is 374 g/mol. The summed E-state index contributed by atoms with van der Waals surface area (Å²) in [5.74, 6) is -0.731. The normalized spacial score (nSPS) is 23.7. The van der Waals surface area contributed by atoms with E-state index in [0.29, 0.717) is 23.0 Å². The second-order valence-corrected chi connectivity index (χ2v) is 6.77. The van der Waals surface area contributed by atoms with E-state index in [2.05, 4.69) is 4.98 Å². The molecular formula is C18H16F6N2O. The van der Waals surface area contributed by atoms with Crippen LogP contribution in [0.2, 0.25) is 0 Å². The first-order chi connectivity index (χ1) is 12.5. The predicted molar refractivity (Wildman–Crippen MR) is 84.3 cm³/mol. The van der Waals surface area contributed by atoms with Crippen molar-refractivity contribution >= 4 is 5.91 Å². The zero-order valence-electron chi connectivity index (χ0n) is 14.2. The first-order valence-corrected chi connectivity index (χ1v) is 8.28. The predicted octanol–water partition coefficient (Wildman–Crippen LogP) is 4.83. The molecule has 0 aromatic carbocycles. The van der Waals surface area contributed by atoms with Gasteiger partial charge in [-0.25, -0.2) is 0 Å². The Morgan fingerprint density at radius 1 is 1.19 bits per heavy atom. The van der Waals surface area contributed by atoms with Gasteiger partial charge in [-0.15, -0.1) is 0 Å². The summed E-state index contributed by atoms with van der Waals surface area (Å²) in [6.45, 7) is 0.379. The zero-order chi connectivity index (χ0) is 20.0. The summed E-state index contributed by atoms with van der Waals surface area (Å²) in [5, 5.41) is 0. The molecule has 1 amide bonds. The number of alkyl halides is 6. The maximum Gasteiger partial charge on any atom is 0.433 e. The molecule has 1 aromatic rings. The first-order valence-electron chi connectivity index (χ1n) is 8.28. The van der Waals surface area contributed by atoms with Crippen LogP contribution < -0.4 is 0 Å². The number of hydrogen-bond acceptors (Lipinski definition) is 2. The van der Waals surface area contributed by atoms with Crippen LogP contribution in [0.15, 0.2) is 41.6 Å². The number of nitrogens with zero attached hydrogens (tertiary/aromatic N) is 2. The van der Waals surface area contributed by atoms with Gasteiger partial charge in [0, 0.05) is 11.8 Å². The van der Waals surface area contributed by atoms with Crippen molar-refractivity contribution in [2.45, 2.75) is 38.2 Å². The van der Waals surface area contributed by atoms with Crippen molar-refractivity contribution in [2.75, 3.05) is 6.54 Å². The van der Waals surface area contributed by atoms with Crippen molar-refractivity contribution in [3.63, 3.8) is 0 Å². The molecule has 1 aliphatic heterocycles. The third-order valence-corrected chi connectivity index (χ3v) is 4.63. The molecule has 3 rings (SSSR count). The Bertz CT molecular complexity index is 792. The topological polar surface area (TPSA) is 33.2 Å². The number of rotatable bonds is 2. The highest BCUT2D eigenvalue weighted by Crippen LogP contribution is 2.41. The maximum absolute atomic E-state index is 13.0. The summed E-state index contributed by atoms with van der Waals surface area (Å²) in [4.78, 5) is 16.7. The molecule has 0 spiro atoms. The van der Waals surface area contributed by atoms with Gasteiger partial charge in [0.05, 0.1) is 6.04 Å². The molecule has 0 saturated carbocycles. The van der Waals surface area contributed by atoms with E-state index in [-0.39, 0.29) is 23.5 Å². The molecule has 1 saturated heterocycles. The zero-order valence-corrected chi connectivity index (χ0v) is 14.2. The Balaban J connectivity index is 1.98. The first kappa shape index (κ1) is 19.4. The van der Waals surface area contributed by atoms with E-state index >= 15 is 0 Å². The average Bonchev–Trinajstić information content (AvgIpc) is 2.56.